The molecule has 6 heteroatoms. The summed E-state index contributed by atoms with van der Waals surface area (Å²) in [4.78, 5) is 12.6. The Morgan fingerprint density at radius 3 is 2.26 bits per heavy atom. The zero-order valence-corrected chi connectivity index (χ0v) is 17.7. The van der Waals surface area contributed by atoms with E-state index in [1.54, 1.807) is 12.1 Å². The van der Waals surface area contributed by atoms with E-state index in [9.17, 15) is 18.0 Å². The molecule has 0 bridgehead atoms. The summed E-state index contributed by atoms with van der Waals surface area (Å²) < 4.78 is 44.0. The Bertz CT molecular complexity index is 778. The number of nitrogens with zero attached hydrogens (tertiary/aromatic N) is 1. The standard InChI is InChI=1S/C25H30F3NO2/c26-25(27,28)22-13-9-19(10-14-22)20-11-15-23(16-12-20)31-24(30)21-7-5-18(6-8-21)4-2-1-3-17-29/h1,3,9-10,13-14,18,20-21,23H,2,4-8,11-12,15-16H2/b3-1+. The molecular formula is C25H30F3NO2. The predicted molar refractivity (Wildman–Crippen MR) is 112 cm³/mol. The van der Waals surface area contributed by atoms with Crippen LogP contribution in [0.1, 0.15) is 81.3 Å². The summed E-state index contributed by atoms with van der Waals surface area (Å²) in [6, 6.07) is 7.46. The second-order valence-corrected chi connectivity index (χ2v) is 8.86. The van der Waals surface area contributed by atoms with E-state index >= 15 is 0 Å². The third-order valence-corrected chi connectivity index (χ3v) is 6.78. The van der Waals surface area contributed by atoms with Crippen molar-refractivity contribution < 1.29 is 22.7 Å². The zero-order valence-electron chi connectivity index (χ0n) is 17.7. The van der Waals surface area contributed by atoms with Gasteiger partial charge in [-0.3, -0.25) is 4.79 Å². The first-order valence-corrected chi connectivity index (χ1v) is 11.3. The van der Waals surface area contributed by atoms with Crippen LogP contribution in [0.3, 0.4) is 0 Å². The van der Waals surface area contributed by atoms with Crippen molar-refractivity contribution in [3.63, 3.8) is 0 Å². The van der Waals surface area contributed by atoms with Gasteiger partial charge in [-0.05, 0) is 93.7 Å². The Kier molecular flexibility index (Phi) is 8.17. The number of benzene rings is 1. The molecule has 0 saturated heterocycles. The van der Waals surface area contributed by atoms with Gasteiger partial charge in [0.15, 0.2) is 0 Å². The molecular weight excluding hydrogens is 403 g/mol. The lowest BCUT2D eigenvalue weighted by Crippen LogP contribution is -2.29. The molecule has 0 amide bonds. The lowest BCUT2D eigenvalue weighted by Gasteiger charge is -2.31. The summed E-state index contributed by atoms with van der Waals surface area (Å²) in [6.45, 7) is 0. The van der Waals surface area contributed by atoms with Gasteiger partial charge in [0.2, 0.25) is 0 Å². The molecule has 2 aliphatic rings. The summed E-state index contributed by atoms with van der Waals surface area (Å²) in [6.07, 6.45) is 7.99. The van der Waals surface area contributed by atoms with Crippen molar-refractivity contribution in [2.45, 2.75) is 82.4 Å². The van der Waals surface area contributed by atoms with Crippen LogP contribution in [-0.2, 0) is 15.7 Å². The van der Waals surface area contributed by atoms with E-state index in [2.05, 4.69) is 0 Å². The van der Waals surface area contributed by atoms with Gasteiger partial charge in [-0.2, -0.15) is 18.4 Å². The monoisotopic (exact) mass is 433 g/mol. The fourth-order valence-electron chi connectivity index (χ4n) is 4.87. The highest BCUT2D eigenvalue weighted by Gasteiger charge is 2.32. The molecule has 31 heavy (non-hydrogen) atoms. The molecule has 0 atom stereocenters. The zero-order chi connectivity index (χ0) is 22.3. The number of allylic oxidation sites excluding steroid dienone is 2. The number of ether oxygens (including phenoxy) is 1. The van der Waals surface area contributed by atoms with Crippen molar-refractivity contribution in [3.05, 3.63) is 47.5 Å². The van der Waals surface area contributed by atoms with Gasteiger partial charge in [-0.1, -0.05) is 18.2 Å². The van der Waals surface area contributed by atoms with E-state index in [4.69, 9.17) is 10.00 Å². The average Bonchev–Trinajstić information content (AvgIpc) is 2.77. The molecule has 0 aliphatic heterocycles. The van der Waals surface area contributed by atoms with Crippen molar-refractivity contribution in [1.82, 2.24) is 0 Å². The molecule has 2 saturated carbocycles. The molecule has 0 heterocycles. The highest BCUT2D eigenvalue weighted by Crippen LogP contribution is 2.37. The summed E-state index contributed by atoms with van der Waals surface area (Å²) in [5.41, 5.74) is 0.313. The predicted octanol–water partition coefficient (Wildman–Crippen LogP) is 6.94. The van der Waals surface area contributed by atoms with Gasteiger partial charge >= 0.3 is 12.1 Å². The minimum absolute atomic E-state index is 0.0152. The average molecular weight is 434 g/mol. The maximum Gasteiger partial charge on any atom is 0.416 e. The molecule has 3 rings (SSSR count). The Hall–Kier alpha value is -2.29. The highest BCUT2D eigenvalue weighted by atomic mass is 19.4. The van der Waals surface area contributed by atoms with Gasteiger partial charge in [-0.15, -0.1) is 0 Å². The van der Waals surface area contributed by atoms with Crippen LogP contribution < -0.4 is 0 Å². The topological polar surface area (TPSA) is 50.1 Å². The fourth-order valence-corrected chi connectivity index (χ4v) is 4.87. The van der Waals surface area contributed by atoms with E-state index in [1.807, 2.05) is 12.1 Å². The Morgan fingerprint density at radius 2 is 1.68 bits per heavy atom. The van der Waals surface area contributed by atoms with E-state index < -0.39 is 11.7 Å². The molecule has 2 fully saturated rings. The minimum atomic E-state index is -4.31. The van der Waals surface area contributed by atoms with Crippen molar-refractivity contribution >= 4 is 5.97 Å². The number of halogens is 3. The van der Waals surface area contributed by atoms with Crippen LogP contribution in [0.2, 0.25) is 0 Å². The van der Waals surface area contributed by atoms with Gasteiger partial charge in [0.05, 0.1) is 17.6 Å². The largest absolute Gasteiger partial charge is 0.462 e. The number of alkyl halides is 3. The number of carbonyl (C=O) groups is 1. The SMILES string of the molecule is N#C/C=C/CCC1CCC(C(=O)OC2CCC(c3ccc(C(F)(F)F)cc3)CC2)CC1. The summed E-state index contributed by atoms with van der Waals surface area (Å²) in [7, 11) is 0. The van der Waals surface area contributed by atoms with Gasteiger partial charge in [0.1, 0.15) is 6.10 Å². The van der Waals surface area contributed by atoms with Gasteiger partial charge in [0, 0.05) is 6.08 Å². The van der Waals surface area contributed by atoms with Gasteiger partial charge in [0.25, 0.3) is 0 Å². The molecule has 168 valence electrons. The van der Waals surface area contributed by atoms with Crippen LogP contribution in [0.25, 0.3) is 0 Å². The molecule has 3 nitrogen and oxygen atoms in total. The van der Waals surface area contributed by atoms with Gasteiger partial charge < -0.3 is 4.74 Å². The second-order valence-electron chi connectivity index (χ2n) is 8.86. The van der Waals surface area contributed by atoms with Crippen LogP contribution in [0.4, 0.5) is 13.2 Å². The van der Waals surface area contributed by atoms with Crippen LogP contribution in [0.15, 0.2) is 36.4 Å². The quantitative estimate of drug-likeness (QED) is 0.361. The summed E-state index contributed by atoms with van der Waals surface area (Å²) >= 11 is 0. The molecule has 0 spiro atoms. The third-order valence-electron chi connectivity index (χ3n) is 6.78. The normalized spacial score (nSPS) is 27.0. The van der Waals surface area contributed by atoms with Crippen LogP contribution >= 0.6 is 0 Å². The van der Waals surface area contributed by atoms with Crippen molar-refractivity contribution in [2.24, 2.45) is 11.8 Å². The minimum Gasteiger partial charge on any atom is -0.462 e. The number of carbonyl (C=O) groups excluding carboxylic acids is 1. The van der Waals surface area contributed by atoms with Crippen LogP contribution in [0, 0.1) is 23.2 Å². The van der Waals surface area contributed by atoms with E-state index in [1.165, 1.54) is 6.08 Å². The Balaban J connectivity index is 1.38. The molecule has 1 aromatic carbocycles. The maximum atomic E-state index is 12.7. The number of hydrogen-bond donors (Lipinski definition) is 0. The lowest BCUT2D eigenvalue weighted by molar-refractivity contribution is -0.157. The van der Waals surface area contributed by atoms with E-state index in [-0.39, 0.29) is 23.9 Å². The second kappa shape index (κ2) is 10.8. The smallest absolute Gasteiger partial charge is 0.416 e. The number of esters is 1. The maximum absolute atomic E-state index is 12.7. The molecule has 0 aromatic heterocycles. The number of hydrogen-bond acceptors (Lipinski definition) is 3. The van der Waals surface area contributed by atoms with Gasteiger partial charge in [-0.25, -0.2) is 0 Å². The van der Waals surface area contributed by atoms with Crippen molar-refractivity contribution in [2.75, 3.05) is 0 Å². The third kappa shape index (κ3) is 6.85. The first-order valence-electron chi connectivity index (χ1n) is 11.3. The highest BCUT2D eigenvalue weighted by molar-refractivity contribution is 5.72. The molecule has 0 radical (unpaired) electrons. The number of nitriles is 1. The summed E-state index contributed by atoms with van der Waals surface area (Å²) in [5.74, 6) is 0.744. The molecule has 0 unspecified atom stereocenters. The Labute approximate surface area is 182 Å². The van der Waals surface area contributed by atoms with Crippen molar-refractivity contribution in [3.8, 4) is 6.07 Å². The van der Waals surface area contributed by atoms with E-state index in [0.717, 1.165) is 81.9 Å². The molecule has 1 aromatic rings. The number of rotatable bonds is 6. The van der Waals surface area contributed by atoms with Crippen molar-refractivity contribution in [1.29, 1.82) is 5.26 Å². The van der Waals surface area contributed by atoms with E-state index in [0.29, 0.717) is 5.92 Å². The molecule has 2 aliphatic carbocycles. The van der Waals surface area contributed by atoms with Crippen LogP contribution in [0.5, 0.6) is 0 Å². The van der Waals surface area contributed by atoms with Crippen LogP contribution in [-0.4, -0.2) is 12.1 Å². The first kappa shape index (κ1) is 23.4. The molecule has 0 N–H and O–H groups in total. The fraction of sp³-hybridized carbons (Fsp3) is 0.600. The summed E-state index contributed by atoms with van der Waals surface area (Å²) in [5, 5.41) is 8.52. The first-order chi connectivity index (χ1) is 14.9. The lowest BCUT2D eigenvalue weighted by atomic mass is 9.79. The Morgan fingerprint density at radius 1 is 1.03 bits per heavy atom.